The van der Waals surface area contributed by atoms with Gasteiger partial charge in [0.2, 0.25) is 5.91 Å². The van der Waals surface area contributed by atoms with E-state index in [0.717, 1.165) is 28.5 Å². The number of halogens is 2. The van der Waals surface area contributed by atoms with E-state index < -0.39 is 0 Å². The lowest BCUT2D eigenvalue weighted by Gasteiger charge is -2.34. The van der Waals surface area contributed by atoms with Gasteiger partial charge in [0.05, 0.1) is 29.3 Å². The van der Waals surface area contributed by atoms with Crippen LogP contribution in [0.3, 0.4) is 0 Å². The Kier molecular flexibility index (Phi) is 6.59. The van der Waals surface area contributed by atoms with Gasteiger partial charge in [-0.1, -0.05) is 24.2 Å². The average molecular weight is 445 g/mol. The fourth-order valence-electron chi connectivity index (χ4n) is 3.52. The van der Waals surface area contributed by atoms with Crippen molar-refractivity contribution < 1.29 is 9.18 Å². The SMILES string of the molecule is C.Cc1nc(CCc2cn(Cc3cc(Cl)ccc3F)nn2)cc2c1NC(=O)[C@H](C)N2C. The van der Waals surface area contributed by atoms with Gasteiger partial charge in [-0.15, -0.1) is 5.10 Å². The smallest absolute Gasteiger partial charge is 0.246 e. The Morgan fingerprint density at radius 1 is 1.23 bits per heavy atom. The maximum Gasteiger partial charge on any atom is 0.246 e. The Morgan fingerprint density at radius 2 is 1.97 bits per heavy atom. The van der Waals surface area contributed by atoms with Crippen molar-refractivity contribution in [3.8, 4) is 0 Å². The summed E-state index contributed by atoms with van der Waals surface area (Å²) in [4.78, 5) is 18.7. The normalized spacial score (nSPS) is 15.3. The van der Waals surface area contributed by atoms with Crippen LogP contribution in [0.15, 0.2) is 30.5 Å². The zero-order chi connectivity index (χ0) is 21.4. The molecule has 0 fully saturated rings. The van der Waals surface area contributed by atoms with Crippen LogP contribution in [0.5, 0.6) is 0 Å². The number of aromatic nitrogens is 4. The second-order valence-corrected chi connectivity index (χ2v) is 7.95. The predicted molar refractivity (Wildman–Crippen MR) is 120 cm³/mol. The van der Waals surface area contributed by atoms with E-state index in [9.17, 15) is 9.18 Å². The number of likely N-dealkylation sites (N-methyl/N-ethyl adjacent to an activating group) is 1. The first-order valence-corrected chi connectivity index (χ1v) is 10.1. The Balaban J connectivity index is 0.00000272. The summed E-state index contributed by atoms with van der Waals surface area (Å²) < 4.78 is 15.5. The minimum absolute atomic E-state index is 0. The highest BCUT2D eigenvalue weighted by molar-refractivity contribution is 6.30. The van der Waals surface area contributed by atoms with Gasteiger partial charge < -0.3 is 10.2 Å². The Hall–Kier alpha value is -3.00. The molecular weight excluding hydrogens is 419 g/mol. The predicted octanol–water partition coefficient (Wildman–Crippen LogP) is 4.02. The quantitative estimate of drug-likeness (QED) is 0.643. The number of amides is 1. The minimum atomic E-state index is -0.323. The van der Waals surface area contributed by atoms with Gasteiger partial charge in [0.15, 0.2) is 0 Å². The number of carbonyl (C=O) groups is 1. The van der Waals surface area contributed by atoms with Crippen molar-refractivity contribution in [3.05, 3.63) is 63.9 Å². The Labute approximate surface area is 186 Å². The summed E-state index contributed by atoms with van der Waals surface area (Å²) in [6.45, 7) is 4.02. The number of nitrogens with zero attached hydrogens (tertiary/aromatic N) is 5. The van der Waals surface area contributed by atoms with E-state index in [1.54, 1.807) is 16.9 Å². The van der Waals surface area contributed by atoms with E-state index >= 15 is 0 Å². The molecule has 2 aromatic heterocycles. The maximum absolute atomic E-state index is 13.9. The van der Waals surface area contributed by atoms with Crippen LogP contribution in [-0.4, -0.2) is 39.0 Å². The monoisotopic (exact) mass is 444 g/mol. The molecule has 1 N–H and O–H groups in total. The first-order chi connectivity index (χ1) is 14.3. The van der Waals surface area contributed by atoms with Gasteiger partial charge in [0.1, 0.15) is 11.9 Å². The van der Waals surface area contributed by atoms with Crippen molar-refractivity contribution >= 4 is 28.9 Å². The van der Waals surface area contributed by atoms with Crippen LogP contribution in [0, 0.1) is 12.7 Å². The largest absolute Gasteiger partial charge is 0.361 e. The van der Waals surface area contributed by atoms with Crippen molar-refractivity contribution in [2.75, 3.05) is 17.3 Å². The number of carbonyl (C=O) groups excluding carboxylic acids is 1. The van der Waals surface area contributed by atoms with E-state index in [0.29, 0.717) is 23.4 Å². The summed E-state index contributed by atoms with van der Waals surface area (Å²) in [7, 11) is 1.91. The number of anilines is 2. The third-order valence-electron chi connectivity index (χ3n) is 5.38. The van der Waals surface area contributed by atoms with Gasteiger partial charge in [-0.2, -0.15) is 0 Å². The first kappa shape index (κ1) is 22.7. The van der Waals surface area contributed by atoms with Crippen LogP contribution in [0.2, 0.25) is 5.02 Å². The third-order valence-corrected chi connectivity index (χ3v) is 5.62. The summed E-state index contributed by atoms with van der Waals surface area (Å²) >= 11 is 5.95. The second kappa shape index (κ2) is 9.01. The zero-order valence-corrected chi connectivity index (χ0v) is 17.7. The summed E-state index contributed by atoms with van der Waals surface area (Å²) in [5.74, 6) is -0.356. The third kappa shape index (κ3) is 4.69. The number of hydrogen-bond donors (Lipinski definition) is 1. The number of pyridine rings is 1. The van der Waals surface area contributed by atoms with Crippen LogP contribution in [-0.2, 0) is 24.2 Å². The average Bonchev–Trinajstić information content (AvgIpc) is 3.16. The number of benzene rings is 1. The lowest BCUT2D eigenvalue weighted by molar-refractivity contribution is -0.117. The molecule has 0 bridgehead atoms. The molecule has 0 saturated carbocycles. The van der Waals surface area contributed by atoms with E-state index in [1.165, 1.54) is 12.1 Å². The summed E-state index contributed by atoms with van der Waals surface area (Å²) in [5, 5.41) is 11.7. The van der Waals surface area contributed by atoms with Crippen molar-refractivity contribution in [1.82, 2.24) is 20.0 Å². The molecule has 1 atom stereocenters. The molecule has 1 aromatic carbocycles. The molecule has 0 radical (unpaired) electrons. The topological polar surface area (TPSA) is 75.9 Å². The van der Waals surface area contributed by atoms with Crippen molar-refractivity contribution in [2.24, 2.45) is 0 Å². The molecule has 31 heavy (non-hydrogen) atoms. The molecule has 3 heterocycles. The van der Waals surface area contributed by atoms with Gasteiger partial charge in [-0.05, 0) is 51.0 Å². The molecule has 0 spiro atoms. The van der Waals surface area contributed by atoms with E-state index in [4.69, 9.17) is 11.6 Å². The molecule has 0 unspecified atom stereocenters. The van der Waals surface area contributed by atoms with Crippen LogP contribution >= 0.6 is 11.6 Å². The number of aryl methyl sites for hydroxylation is 3. The number of nitrogens with one attached hydrogen (secondary N) is 1. The van der Waals surface area contributed by atoms with Crippen molar-refractivity contribution in [1.29, 1.82) is 0 Å². The van der Waals surface area contributed by atoms with Gasteiger partial charge in [-0.25, -0.2) is 9.07 Å². The number of rotatable bonds is 5. The van der Waals surface area contributed by atoms with Crippen LogP contribution < -0.4 is 10.2 Å². The molecule has 0 saturated heterocycles. The molecule has 3 aromatic rings. The lowest BCUT2D eigenvalue weighted by Crippen LogP contribution is -2.44. The molecule has 1 aliphatic heterocycles. The highest BCUT2D eigenvalue weighted by Crippen LogP contribution is 2.33. The Bertz CT molecular complexity index is 1120. The first-order valence-electron chi connectivity index (χ1n) is 9.69. The lowest BCUT2D eigenvalue weighted by atomic mass is 10.1. The molecular formula is C22H26ClFN6O. The number of fused-ring (bicyclic) bond motifs is 1. The van der Waals surface area contributed by atoms with E-state index in [1.807, 2.05) is 31.9 Å². The van der Waals surface area contributed by atoms with Crippen LogP contribution in [0.4, 0.5) is 15.8 Å². The van der Waals surface area contributed by atoms with E-state index in [-0.39, 0.29) is 31.7 Å². The van der Waals surface area contributed by atoms with Gasteiger partial charge in [0, 0.05) is 29.5 Å². The molecule has 1 amide bonds. The zero-order valence-electron chi connectivity index (χ0n) is 17.0. The summed E-state index contributed by atoms with van der Waals surface area (Å²) in [6.07, 6.45) is 3.13. The molecule has 4 rings (SSSR count). The van der Waals surface area contributed by atoms with Crippen molar-refractivity contribution in [3.63, 3.8) is 0 Å². The van der Waals surface area contributed by atoms with Gasteiger partial charge in [-0.3, -0.25) is 9.78 Å². The summed E-state index contributed by atoms with van der Waals surface area (Å²) in [5.41, 5.74) is 4.69. The standard InChI is InChI=1S/C21H22ClFN6O.CH4/c1-12-20-19(28(3)13(2)21(30)25-20)9-16(24-12)5-6-17-11-29(27-26-17)10-14-8-15(22)4-7-18(14)23;/h4,7-9,11,13H,5-6,10H2,1-3H3,(H,25,30);1H4/t13-;/m0./s1. The molecule has 7 nitrogen and oxygen atoms in total. The second-order valence-electron chi connectivity index (χ2n) is 7.51. The molecule has 1 aliphatic rings. The van der Waals surface area contributed by atoms with E-state index in [2.05, 4.69) is 20.6 Å². The molecule has 164 valence electrons. The minimum Gasteiger partial charge on any atom is -0.361 e. The Morgan fingerprint density at radius 3 is 2.74 bits per heavy atom. The molecule has 0 aliphatic carbocycles. The van der Waals surface area contributed by atoms with Gasteiger partial charge in [0.25, 0.3) is 0 Å². The van der Waals surface area contributed by atoms with Crippen LogP contribution in [0.25, 0.3) is 0 Å². The fourth-order valence-corrected chi connectivity index (χ4v) is 3.71. The maximum atomic E-state index is 13.9. The summed E-state index contributed by atoms with van der Waals surface area (Å²) in [6, 6.07) is 6.22. The van der Waals surface area contributed by atoms with Crippen LogP contribution in [0.1, 0.15) is 37.0 Å². The fraction of sp³-hybridized carbons (Fsp3) is 0.364. The highest BCUT2D eigenvalue weighted by Gasteiger charge is 2.28. The highest BCUT2D eigenvalue weighted by atomic mass is 35.5. The van der Waals surface area contributed by atoms with Crippen molar-refractivity contribution in [2.45, 2.75) is 46.7 Å². The number of hydrogen-bond acceptors (Lipinski definition) is 5. The van der Waals surface area contributed by atoms with Gasteiger partial charge >= 0.3 is 0 Å². The molecule has 9 heteroatoms.